The summed E-state index contributed by atoms with van der Waals surface area (Å²) in [6.07, 6.45) is 6.01. The minimum absolute atomic E-state index is 0.288. The van der Waals surface area contributed by atoms with Crippen LogP contribution in [0.25, 0.3) is 0 Å². The van der Waals surface area contributed by atoms with E-state index in [4.69, 9.17) is 11.6 Å². The number of benzene rings is 1. The minimum Gasteiger partial charge on any atom is -0.310 e. The molecule has 0 saturated carbocycles. The van der Waals surface area contributed by atoms with Crippen LogP contribution < -0.4 is 5.32 Å². The molecule has 0 aliphatic heterocycles. The summed E-state index contributed by atoms with van der Waals surface area (Å²) in [5.41, 5.74) is 1.18. The third-order valence-electron chi connectivity index (χ3n) is 3.43. The van der Waals surface area contributed by atoms with Crippen LogP contribution in [0.15, 0.2) is 49.6 Å². The monoisotopic (exact) mass is 306 g/mol. The molecule has 0 heterocycles. The summed E-state index contributed by atoms with van der Waals surface area (Å²) in [7, 11) is 0. The van der Waals surface area contributed by atoms with Gasteiger partial charge in [0.05, 0.1) is 0 Å². The van der Waals surface area contributed by atoms with Gasteiger partial charge in [0.15, 0.2) is 0 Å². The molecule has 0 saturated heterocycles. The number of rotatable bonds is 11. The van der Waals surface area contributed by atoms with Crippen LogP contribution in [-0.4, -0.2) is 31.1 Å². The van der Waals surface area contributed by atoms with Gasteiger partial charge in [0.25, 0.3) is 0 Å². The van der Waals surface area contributed by atoms with Crippen LogP contribution >= 0.6 is 11.6 Å². The molecule has 1 unspecified atom stereocenters. The first-order valence-electron chi connectivity index (χ1n) is 7.64. The quantitative estimate of drug-likeness (QED) is 0.608. The Morgan fingerprint density at radius 2 is 1.90 bits per heavy atom. The number of nitrogens with zero attached hydrogens (tertiary/aromatic N) is 1. The van der Waals surface area contributed by atoms with Crippen molar-refractivity contribution in [3.8, 4) is 0 Å². The van der Waals surface area contributed by atoms with E-state index >= 15 is 0 Å². The first kappa shape index (κ1) is 18.0. The molecule has 1 atom stereocenters. The molecule has 0 spiro atoms. The highest BCUT2D eigenvalue weighted by Crippen LogP contribution is 2.25. The molecule has 1 aromatic carbocycles. The number of hydrogen-bond donors (Lipinski definition) is 1. The molecule has 2 nitrogen and oxygen atoms in total. The van der Waals surface area contributed by atoms with Gasteiger partial charge in [0.2, 0.25) is 0 Å². The minimum atomic E-state index is 0.288. The smallest absolute Gasteiger partial charge is 0.0453 e. The second-order valence-electron chi connectivity index (χ2n) is 5.15. The van der Waals surface area contributed by atoms with Gasteiger partial charge in [0, 0.05) is 30.7 Å². The van der Waals surface area contributed by atoms with E-state index in [0.29, 0.717) is 0 Å². The molecule has 0 aliphatic rings. The van der Waals surface area contributed by atoms with E-state index in [2.05, 4.69) is 36.4 Å². The van der Waals surface area contributed by atoms with Crippen LogP contribution in [0.5, 0.6) is 0 Å². The van der Waals surface area contributed by atoms with Crippen molar-refractivity contribution in [3.05, 3.63) is 60.2 Å². The highest BCUT2D eigenvalue weighted by atomic mass is 35.5. The Kier molecular flexibility index (Phi) is 9.07. The van der Waals surface area contributed by atoms with Gasteiger partial charge in [-0.3, -0.25) is 4.90 Å². The zero-order valence-corrected chi connectivity index (χ0v) is 13.8. The molecule has 3 heteroatoms. The lowest BCUT2D eigenvalue weighted by Crippen LogP contribution is -2.30. The van der Waals surface area contributed by atoms with Crippen molar-refractivity contribution in [3.63, 3.8) is 0 Å². The van der Waals surface area contributed by atoms with Gasteiger partial charge in [-0.15, -0.1) is 13.2 Å². The Morgan fingerprint density at radius 1 is 1.24 bits per heavy atom. The highest BCUT2D eigenvalue weighted by molar-refractivity contribution is 6.31. The summed E-state index contributed by atoms with van der Waals surface area (Å²) in [5, 5.41) is 4.44. The van der Waals surface area contributed by atoms with E-state index in [9.17, 15) is 0 Å². The fraction of sp³-hybridized carbons (Fsp3) is 0.444. The topological polar surface area (TPSA) is 15.3 Å². The molecular formula is C18H27ClN2. The van der Waals surface area contributed by atoms with Crippen LogP contribution in [0, 0.1) is 0 Å². The van der Waals surface area contributed by atoms with Crippen LogP contribution in [-0.2, 0) is 0 Å². The van der Waals surface area contributed by atoms with Crippen LogP contribution in [0.2, 0.25) is 5.02 Å². The molecular weight excluding hydrogens is 280 g/mol. The van der Waals surface area contributed by atoms with Gasteiger partial charge in [-0.05, 0) is 31.0 Å². The van der Waals surface area contributed by atoms with Gasteiger partial charge in [0.1, 0.15) is 0 Å². The molecule has 1 aromatic rings. The Morgan fingerprint density at radius 3 is 2.48 bits per heavy atom. The maximum absolute atomic E-state index is 6.35. The Balaban J connectivity index is 2.71. The lowest BCUT2D eigenvalue weighted by atomic mass is 10.0. The maximum Gasteiger partial charge on any atom is 0.0453 e. The SMILES string of the molecule is C=CCN(CC=C)CCC(NCCC)c1ccccc1Cl. The van der Waals surface area contributed by atoms with E-state index < -0.39 is 0 Å². The van der Waals surface area contributed by atoms with Crippen molar-refractivity contribution in [1.29, 1.82) is 0 Å². The van der Waals surface area contributed by atoms with Crippen molar-refractivity contribution in [1.82, 2.24) is 10.2 Å². The normalized spacial score (nSPS) is 12.3. The molecule has 116 valence electrons. The average Bonchev–Trinajstić information content (AvgIpc) is 2.49. The predicted octanol–water partition coefficient (Wildman–Crippen LogP) is 4.44. The standard InChI is InChI=1S/C18H27ClN2/c1-4-12-20-18(16-9-7-8-10-17(16)19)11-15-21(13-5-2)14-6-3/h5-10,18,20H,2-4,11-15H2,1H3. The lowest BCUT2D eigenvalue weighted by molar-refractivity contribution is 0.307. The van der Waals surface area contributed by atoms with Crippen molar-refractivity contribution in [2.45, 2.75) is 25.8 Å². The summed E-state index contributed by atoms with van der Waals surface area (Å²) in [4.78, 5) is 2.33. The highest BCUT2D eigenvalue weighted by Gasteiger charge is 2.14. The second-order valence-corrected chi connectivity index (χ2v) is 5.56. The van der Waals surface area contributed by atoms with E-state index in [-0.39, 0.29) is 6.04 Å². The number of nitrogens with one attached hydrogen (secondary N) is 1. The van der Waals surface area contributed by atoms with Gasteiger partial charge < -0.3 is 5.32 Å². The fourth-order valence-electron chi connectivity index (χ4n) is 2.38. The molecule has 0 amide bonds. The van der Waals surface area contributed by atoms with Crippen LogP contribution in [0.4, 0.5) is 0 Å². The summed E-state index contributed by atoms with van der Waals surface area (Å²) in [5.74, 6) is 0. The average molecular weight is 307 g/mol. The second kappa shape index (κ2) is 10.6. The van der Waals surface area contributed by atoms with Gasteiger partial charge in [-0.1, -0.05) is 48.9 Å². The Labute approximate surface area is 134 Å². The van der Waals surface area contributed by atoms with E-state index in [1.807, 2.05) is 30.4 Å². The van der Waals surface area contributed by atoms with Gasteiger partial charge in [-0.25, -0.2) is 0 Å². The van der Waals surface area contributed by atoms with Crippen LogP contribution in [0.1, 0.15) is 31.4 Å². The van der Waals surface area contributed by atoms with Gasteiger partial charge in [-0.2, -0.15) is 0 Å². The van der Waals surface area contributed by atoms with Crippen molar-refractivity contribution in [2.75, 3.05) is 26.2 Å². The van der Waals surface area contributed by atoms with Crippen LogP contribution in [0.3, 0.4) is 0 Å². The summed E-state index contributed by atoms with van der Waals surface area (Å²) in [6.45, 7) is 13.6. The zero-order valence-electron chi connectivity index (χ0n) is 13.0. The Hall–Kier alpha value is -1.09. The van der Waals surface area contributed by atoms with Crippen molar-refractivity contribution < 1.29 is 0 Å². The first-order chi connectivity index (χ1) is 10.2. The summed E-state index contributed by atoms with van der Waals surface area (Å²) < 4.78 is 0. The van der Waals surface area contributed by atoms with E-state index in [1.165, 1.54) is 5.56 Å². The molecule has 0 aliphatic carbocycles. The molecule has 0 radical (unpaired) electrons. The van der Waals surface area contributed by atoms with E-state index in [0.717, 1.165) is 44.0 Å². The summed E-state index contributed by atoms with van der Waals surface area (Å²) >= 11 is 6.35. The molecule has 0 fully saturated rings. The summed E-state index contributed by atoms with van der Waals surface area (Å²) in [6, 6.07) is 8.39. The fourth-order valence-corrected chi connectivity index (χ4v) is 2.65. The Bertz CT molecular complexity index is 421. The third-order valence-corrected chi connectivity index (χ3v) is 3.77. The molecule has 1 N–H and O–H groups in total. The number of hydrogen-bond acceptors (Lipinski definition) is 2. The molecule has 1 rings (SSSR count). The maximum atomic E-state index is 6.35. The zero-order chi connectivity index (χ0) is 15.5. The molecule has 21 heavy (non-hydrogen) atoms. The number of halogens is 1. The molecule has 0 aromatic heterocycles. The van der Waals surface area contributed by atoms with Gasteiger partial charge >= 0.3 is 0 Å². The first-order valence-corrected chi connectivity index (χ1v) is 8.02. The lowest BCUT2D eigenvalue weighted by Gasteiger charge is -2.25. The largest absolute Gasteiger partial charge is 0.310 e. The predicted molar refractivity (Wildman–Crippen MR) is 93.9 cm³/mol. The van der Waals surface area contributed by atoms with E-state index in [1.54, 1.807) is 0 Å². The van der Waals surface area contributed by atoms with Crippen molar-refractivity contribution in [2.24, 2.45) is 0 Å². The third kappa shape index (κ3) is 6.47. The molecule has 0 bridgehead atoms. The van der Waals surface area contributed by atoms with Crippen molar-refractivity contribution >= 4 is 11.6 Å².